The zero-order valence-electron chi connectivity index (χ0n) is 76.1. The molecule has 0 spiro atoms. The van der Waals surface area contributed by atoms with E-state index in [2.05, 4.69) is 20.7 Å². The van der Waals surface area contributed by atoms with Crippen molar-refractivity contribution in [2.45, 2.75) is 116 Å². The molecule has 0 saturated heterocycles. The second-order valence-electron chi connectivity index (χ2n) is 28.3. The molecule has 13 N–H and O–H groups in total. The monoisotopic (exact) mass is 2300 g/mol. The summed E-state index contributed by atoms with van der Waals surface area (Å²) in [5.41, 5.74) is 0.314. The van der Waals surface area contributed by atoms with Crippen LogP contribution in [-0.4, -0.2) is 214 Å². The Hall–Kier alpha value is -14.0. The molecule has 0 bridgehead atoms. The molecule has 0 aliphatic rings. The van der Waals surface area contributed by atoms with Crippen molar-refractivity contribution < 1.29 is 207 Å². The third-order valence-corrected chi connectivity index (χ3v) is 20.7. The van der Waals surface area contributed by atoms with Crippen LogP contribution < -0.4 is 52.1 Å². The maximum Gasteiger partial charge on any atom is 0.416 e. The highest BCUT2D eigenvalue weighted by Gasteiger charge is 2.38. The van der Waals surface area contributed by atoms with Crippen molar-refractivity contribution in [1.29, 1.82) is 0 Å². The van der Waals surface area contributed by atoms with Crippen molar-refractivity contribution in [3.8, 4) is 63.2 Å². The van der Waals surface area contributed by atoms with Crippen LogP contribution in [0.2, 0.25) is 45.2 Å². The van der Waals surface area contributed by atoms with Gasteiger partial charge in [-0.25, -0.2) is 52.7 Å². The Morgan fingerprint density at radius 3 is 1.08 bits per heavy atom. The molecule has 0 fully saturated rings. The van der Waals surface area contributed by atoms with Gasteiger partial charge in [0.25, 0.3) is 6.10 Å². The standard InChI is InChI=1S/C14H12O5.C12H13ClO6.C11H14O3.C10H8Cl2O5.C10H6F6O3.C9H7BrO5.C9H5Cl5O3.C9H9ClO3.C9H10O4/c15-13(16)8-12(14(17)18)19-11-6-5-9-3-1-2-4-10(9)7-11;1-6(11(14)15)18-8-3-4-9(13)10(5-8)19-7(2)12(16)17;1-7-4-10(14-6-11(12)13)5-8(2)9(7)3;11-5-1-6(12)3-7(2-5)17-8(10(15)16)4-9(13)14;11-9(12,13)5-1-6(10(14,15)16)3-7(2-5)19-4-8(17)18;10-5-1-3-6(4-2-5)15-7(8(11)12)9(13)14;1-2(9(15)16)17-8-6(13)4(11)3(10)5(12)7(8)14;1-6(9(11)12)13-8-4-2-3-7(10)5-8;1-12-7-2-4-8(5-3-7)13-6-9(10)11/h1-7,12H,8H2,(H,15,16)(H,17,18);3-7H,1-2H3,(H,14,15)(H,16,17);4-5H,6H2,1-3H3,(H,12,13);1-3,8H,4H2,(H,13,14)(H,15,16);1-3H,4H2,(H,17,18);1-4,7H,(H,11,12)(H,13,14);2H,1H3,(H,15,16);2-6H,1H3,(H,11,12);2-5H,6H2,1H3,(H,10,11). The predicted molar refractivity (Wildman–Crippen MR) is 518 cm³/mol. The maximum atomic E-state index is 12.4. The van der Waals surface area contributed by atoms with Crippen LogP contribution >= 0.6 is 120 Å². The fraction of sp³-hybridized carbons (Fsp3) is 0.237. The van der Waals surface area contributed by atoms with E-state index >= 15 is 0 Å². The molecule has 10 aromatic rings. The van der Waals surface area contributed by atoms with Crippen LogP contribution in [0.4, 0.5) is 26.3 Å². The van der Waals surface area contributed by atoms with Gasteiger partial charge in [0.2, 0.25) is 12.2 Å². The van der Waals surface area contributed by atoms with Crippen LogP contribution in [0.15, 0.2) is 186 Å². The number of ether oxygens (including phenoxy) is 11. The third kappa shape index (κ3) is 49.1. The van der Waals surface area contributed by atoms with Gasteiger partial charge in [0, 0.05) is 25.6 Å². The first-order valence-corrected chi connectivity index (χ1v) is 44.3. The highest BCUT2D eigenvalue weighted by Crippen LogP contribution is 2.49. The lowest BCUT2D eigenvalue weighted by Gasteiger charge is -2.16. The molecule has 146 heavy (non-hydrogen) atoms. The summed E-state index contributed by atoms with van der Waals surface area (Å²) >= 11 is 55.1. The van der Waals surface area contributed by atoms with Crippen molar-refractivity contribution in [3.63, 3.8) is 0 Å². The van der Waals surface area contributed by atoms with Crippen molar-refractivity contribution in [2.24, 2.45) is 0 Å². The molecule has 10 aromatic carbocycles. The largest absolute Gasteiger partial charge is 0.497 e. The lowest BCUT2D eigenvalue weighted by Crippen LogP contribution is -2.35. The van der Waals surface area contributed by atoms with Gasteiger partial charge in [-0.05, 0) is 215 Å². The number of alkyl halides is 6. The van der Waals surface area contributed by atoms with Gasteiger partial charge in [-0.15, -0.1) is 0 Å². The number of rotatable bonds is 36. The van der Waals surface area contributed by atoms with Gasteiger partial charge in [0.05, 0.1) is 51.2 Å². The molecule has 0 radical (unpaired) electrons. The van der Waals surface area contributed by atoms with Crippen molar-refractivity contribution in [1.82, 2.24) is 0 Å². The summed E-state index contributed by atoms with van der Waals surface area (Å²) in [6, 6.07) is 44.8. The molecule has 10 rings (SSSR count). The number of carboxylic acids is 13. The molecule has 0 aromatic heterocycles. The van der Waals surface area contributed by atoms with Crippen LogP contribution in [-0.2, 0) is 74.7 Å². The van der Waals surface area contributed by atoms with E-state index in [1.54, 1.807) is 86.0 Å². The summed E-state index contributed by atoms with van der Waals surface area (Å²) in [7, 11) is 1.56. The summed E-state index contributed by atoms with van der Waals surface area (Å²) in [5, 5.41) is 115. The minimum Gasteiger partial charge on any atom is -0.497 e. The Morgan fingerprint density at radius 1 is 0.315 bits per heavy atom. The number of fused-ring (bicyclic) bond motifs is 1. The van der Waals surface area contributed by atoms with Gasteiger partial charge >= 0.3 is 90.0 Å². The number of methoxy groups -OCH3 is 1. The Kier molecular flexibility index (Phi) is 55.0. The van der Waals surface area contributed by atoms with Gasteiger partial charge in [0.1, 0.15) is 67.5 Å². The van der Waals surface area contributed by atoms with Gasteiger partial charge in [0.15, 0.2) is 50.0 Å². The molecule has 0 saturated carbocycles. The number of hydrogen-bond donors (Lipinski definition) is 13. The van der Waals surface area contributed by atoms with Crippen molar-refractivity contribution >= 4 is 209 Å². The van der Waals surface area contributed by atoms with Gasteiger partial charge in [-0.3, -0.25) is 9.59 Å². The number of carboxylic acid groups (broad SMARTS) is 13. The summed E-state index contributed by atoms with van der Waals surface area (Å²) < 4.78 is 130. The molecule has 53 heteroatoms. The van der Waals surface area contributed by atoms with Crippen LogP contribution in [0.1, 0.15) is 68.4 Å². The molecule has 0 aliphatic heterocycles. The maximum absolute atomic E-state index is 12.4. The fourth-order valence-electron chi connectivity index (χ4n) is 9.75. The van der Waals surface area contributed by atoms with E-state index in [1.807, 2.05) is 57.2 Å². The zero-order chi connectivity index (χ0) is 111. The second kappa shape index (κ2) is 62.7. The van der Waals surface area contributed by atoms with Crippen molar-refractivity contribution in [3.05, 3.63) is 259 Å². The van der Waals surface area contributed by atoms with E-state index in [4.69, 9.17) is 218 Å². The second-order valence-corrected chi connectivity index (χ2v) is 32.8. The average Bonchev–Trinajstić information content (AvgIpc) is 0.803. The number of benzene rings is 10. The Labute approximate surface area is 876 Å². The lowest BCUT2D eigenvalue weighted by molar-refractivity contribution is -0.159. The SMILES string of the molecule is CC(Oc1c(Cl)c(Cl)c(Cl)c(Cl)c1Cl)C(=O)O.CC(Oc1ccc(Cl)c(OC(C)C(=O)O)c1)C(=O)O.CC(Oc1cccc(Cl)c1)C(=O)O.COc1ccc(OCC(=O)O)cc1.Cc1cc(OCC(=O)O)cc(C)c1C.O=C(O)C(Oc1ccc(Br)cc1)C(=O)O.O=C(O)CC(Oc1cc(Cl)cc(Cl)c1)C(=O)O.O=C(O)CC(Oc1ccc2ccccc2c1)C(=O)O.O=C(O)COc1cc(C(F)(F)F)cc(C(F)(F)F)c1. The highest BCUT2D eigenvalue weighted by molar-refractivity contribution is 9.10. The van der Waals surface area contributed by atoms with Crippen LogP contribution in [0.25, 0.3) is 10.8 Å². The number of carbonyl (C=O) groups is 13. The number of hydrogen-bond acceptors (Lipinski definition) is 24. The quantitative estimate of drug-likeness (QED) is 0.00750. The van der Waals surface area contributed by atoms with E-state index in [-0.39, 0.29) is 88.2 Å². The highest BCUT2D eigenvalue weighted by atomic mass is 79.9. The number of aryl methyl sites for hydroxylation is 2. The summed E-state index contributed by atoms with van der Waals surface area (Å²) in [4.78, 5) is 137. The molecule has 790 valence electrons. The first kappa shape index (κ1) is 128. The van der Waals surface area contributed by atoms with Gasteiger partial charge in [-0.2, -0.15) is 26.3 Å². The van der Waals surface area contributed by atoms with Crippen molar-refractivity contribution in [2.75, 3.05) is 26.9 Å². The molecule has 0 amide bonds. The summed E-state index contributed by atoms with van der Waals surface area (Å²) in [6.07, 6.45) is -20.1. The van der Waals surface area contributed by atoms with Crippen LogP contribution in [0.5, 0.6) is 63.2 Å². The zero-order valence-corrected chi connectivity index (χ0v) is 84.4. The molecule has 6 atom stereocenters. The normalized spacial score (nSPS) is 11.6. The van der Waals surface area contributed by atoms with E-state index in [0.717, 1.165) is 26.4 Å². The van der Waals surface area contributed by atoms with E-state index < -0.39 is 169 Å². The molecular weight excluding hydrogens is 2220 g/mol. The minimum atomic E-state index is -5.00. The first-order valence-electron chi connectivity index (χ1n) is 40.1. The Morgan fingerprint density at radius 2 is 0.678 bits per heavy atom. The lowest BCUT2D eigenvalue weighted by atomic mass is 10.0. The Balaban J connectivity index is 0.000000557. The molecule has 0 aliphatic carbocycles. The topological polar surface area (TPSA) is 586 Å². The molecule has 6 unspecified atom stereocenters. The number of aliphatic carboxylic acids is 13. The third-order valence-electron chi connectivity index (χ3n) is 17.0. The van der Waals surface area contributed by atoms with E-state index in [9.17, 15) is 88.7 Å². The van der Waals surface area contributed by atoms with Gasteiger partial charge in [-0.1, -0.05) is 157 Å². The number of halogens is 16. The predicted octanol–water partition coefficient (Wildman–Crippen LogP) is 21.3. The molecule has 0 heterocycles. The van der Waals surface area contributed by atoms with Gasteiger partial charge < -0.3 is 118 Å². The molecule has 37 nitrogen and oxygen atoms in total. The summed E-state index contributed by atoms with van der Waals surface area (Å²) in [6.45, 7) is 9.84. The van der Waals surface area contributed by atoms with E-state index in [0.29, 0.717) is 45.9 Å². The first-order chi connectivity index (χ1) is 67.8. The van der Waals surface area contributed by atoms with E-state index in [1.165, 1.54) is 81.8 Å². The van der Waals surface area contributed by atoms with Crippen LogP contribution in [0.3, 0.4) is 0 Å². The Bertz CT molecular complexity index is 6050. The smallest absolute Gasteiger partial charge is 0.416 e. The minimum absolute atomic E-state index is 0.0151. The average molecular weight is 2310 g/mol. The fourth-order valence-corrected chi connectivity index (χ4v) is 12.1. The van der Waals surface area contributed by atoms with Crippen LogP contribution in [0, 0.1) is 20.8 Å². The summed E-state index contributed by atoms with van der Waals surface area (Å²) in [5.74, 6) is -13.8. The molecular formula is C93H84BrCl9F6O37.